The Morgan fingerprint density at radius 2 is 2.07 bits per heavy atom. The molecule has 0 aromatic carbocycles. The zero-order chi connectivity index (χ0) is 11.7. The highest BCUT2D eigenvalue weighted by molar-refractivity contribution is 5.76. The van der Waals surface area contributed by atoms with Gasteiger partial charge in [-0.1, -0.05) is 0 Å². The van der Waals surface area contributed by atoms with E-state index in [9.17, 15) is 9.59 Å². The summed E-state index contributed by atoms with van der Waals surface area (Å²) in [6.07, 6.45) is -1.58. The van der Waals surface area contributed by atoms with Gasteiger partial charge in [0.15, 0.2) is 6.10 Å². The molecule has 0 aliphatic heterocycles. The summed E-state index contributed by atoms with van der Waals surface area (Å²) in [5.41, 5.74) is 0. The summed E-state index contributed by atoms with van der Waals surface area (Å²) >= 11 is 0. The average molecular weight is 220 g/mol. The Hall–Kier alpha value is -1.34. The number of ether oxygens (including phenoxy) is 1. The van der Waals surface area contributed by atoms with Gasteiger partial charge in [0.1, 0.15) is 0 Å². The SMILES string of the molecule is CCOCCNC(=O)NC[C@H](O)C(=O)O. The number of nitrogens with one attached hydrogen (secondary N) is 2. The molecule has 0 radical (unpaired) electrons. The van der Waals surface area contributed by atoms with Gasteiger partial charge in [0, 0.05) is 13.2 Å². The lowest BCUT2D eigenvalue weighted by atomic mass is 10.4. The standard InChI is InChI=1S/C8H16N2O5/c1-2-15-4-3-9-8(14)10-5-6(11)7(12)13/h6,11H,2-5H2,1H3,(H,12,13)(H2,9,10,14)/t6-/m0/s1. The summed E-state index contributed by atoms with van der Waals surface area (Å²) in [4.78, 5) is 21.1. The van der Waals surface area contributed by atoms with Gasteiger partial charge >= 0.3 is 12.0 Å². The molecule has 2 amide bonds. The predicted molar refractivity (Wildman–Crippen MR) is 51.5 cm³/mol. The lowest BCUT2D eigenvalue weighted by molar-refractivity contribution is -0.146. The number of hydrogen-bond acceptors (Lipinski definition) is 4. The van der Waals surface area contributed by atoms with Crippen molar-refractivity contribution in [2.24, 2.45) is 0 Å². The topological polar surface area (TPSA) is 108 Å². The molecular weight excluding hydrogens is 204 g/mol. The van der Waals surface area contributed by atoms with Crippen molar-refractivity contribution in [1.82, 2.24) is 10.6 Å². The van der Waals surface area contributed by atoms with E-state index in [0.717, 1.165) is 0 Å². The number of carbonyl (C=O) groups is 2. The van der Waals surface area contributed by atoms with E-state index in [-0.39, 0.29) is 6.54 Å². The number of carboxylic acid groups (broad SMARTS) is 1. The number of amides is 2. The van der Waals surface area contributed by atoms with Crippen LogP contribution in [0.3, 0.4) is 0 Å². The van der Waals surface area contributed by atoms with E-state index in [1.165, 1.54) is 0 Å². The Morgan fingerprint density at radius 1 is 1.40 bits per heavy atom. The van der Waals surface area contributed by atoms with Gasteiger partial charge in [-0.25, -0.2) is 9.59 Å². The third-order valence-electron chi connectivity index (χ3n) is 1.48. The van der Waals surface area contributed by atoms with Gasteiger partial charge in [-0.3, -0.25) is 0 Å². The number of aliphatic carboxylic acids is 1. The van der Waals surface area contributed by atoms with E-state index in [2.05, 4.69) is 10.6 Å². The minimum Gasteiger partial charge on any atom is -0.479 e. The molecule has 4 N–H and O–H groups in total. The van der Waals surface area contributed by atoms with Crippen molar-refractivity contribution in [3.05, 3.63) is 0 Å². The molecule has 0 heterocycles. The lowest BCUT2D eigenvalue weighted by Gasteiger charge is -2.09. The van der Waals surface area contributed by atoms with Crippen molar-refractivity contribution < 1.29 is 24.5 Å². The lowest BCUT2D eigenvalue weighted by Crippen LogP contribution is -2.42. The smallest absolute Gasteiger partial charge is 0.334 e. The fourth-order valence-electron chi connectivity index (χ4n) is 0.720. The largest absolute Gasteiger partial charge is 0.479 e. The predicted octanol–water partition coefficient (Wildman–Crippen LogP) is -1.23. The maximum Gasteiger partial charge on any atom is 0.334 e. The van der Waals surface area contributed by atoms with Crippen LogP contribution in [0.4, 0.5) is 4.79 Å². The molecule has 0 aliphatic rings. The second-order valence-corrected chi connectivity index (χ2v) is 2.69. The zero-order valence-electron chi connectivity index (χ0n) is 8.52. The van der Waals surface area contributed by atoms with Crippen LogP contribution in [0.15, 0.2) is 0 Å². The quantitative estimate of drug-likeness (QED) is 0.402. The molecule has 0 unspecified atom stereocenters. The van der Waals surface area contributed by atoms with Crippen molar-refractivity contribution in [2.75, 3.05) is 26.3 Å². The Balaban J connectivity index is 3.45. The van der Waals surface area contributed by atoms with Crippen LogP contribution < -0.4 is 10.6 Å². The van der Waals surface area contributed by atoms with Crippen molar-refractivity contribution >= 4 is 12.0 Å². The summed E-state index contributed by atoms with van der Waals surface area (Å²) in [6.45, 7) is 2.81. The fourth-order valence-corrected chi connectivity index (χ4v) is 0.720. The molecule has 0 bridgehead atoms. The van der Waals surface area contributed by atoms with Gasteiger partial charge in [0.2, 0.25) is 0 Å². The molecule has 15 heavy (non-hydrogen) atoms. The van der Waals surface area contributed by atoms with Crippen LogP contribution in [0, 0.1) is 0 Å². The maximum absolute atomic E-state index is 11.0. The van der Waals surface area contributed by atoms with E-state index in [1.807, 2.05) is 6.92 Å². The minimum atomic E-state index is -1.58. The third kappa shape index (κ3) is 7.71. The van der Waals surface area contributed by atoms with Crippen molar-refractivity contribution in [1.29, 1.82) is 0 Å². The number of hydrogen-bond donors (Lipinski definition) is 4. The van der Waals surface area contributed by atoms with Crippen molar-refractivity contribution in [3.8, 4) is 0 Å². The zero-order valence-corrected chi connectivity index (χ0v) is 8.52. The molecule has 0 rings (SSSR count). The highest BCUT2D eigenvalue weighted by Gasteiger charge is 2.13. The number of urea groups is 1. The Bertz CT molecular complexity index is 209. The number of carbonyl (C=O) groups excluding carboxylic acids is 1. The van der Waals surface area contributed by atoms with Gasteiger partial charge in [-0.05, 0) is 6.92 Å². The van der Waals surface area contributed by atoms with E-state index < -0.39 is 18.1 Å². The number of aliphatic hydroxyl groups excluding tert-OH is 1. The molecule has 0 aliphatic carbocycles. The molecule has 0 aromatic heterocycles. The second-order valence-electron chi connectivity index (χ2n) is 2.69. The van der Waals surface area contributed by atoms with Crippen molar-refractivity contribution in [2.45, 2.75) is 13.0 Å². The number of carboxylic acids is 1. The van der Waals surface area contributed by atoms with E-state index in [4.69, 9.17) is 14.9 Å². The van der Waals surface area contributed by atoms with Gasteiger partial charge < -0.3 is 25.6 Å². The summed E-state index contributed by atoms with van der Waals surface area (Å²) in [5, 5.41) is 21.8. The highest BCUT2D eigenvalue weighted by atomic mass is 16.5. The van der Waals surface area contributed by atoms with Gasteiger partial charge in [0.05, 0.1) is 13.2 Å². The van der Waals surface area contributed by atoms with Gasteiger partial charge in [0.25, 0.3) is 0 Å². The molecule has 0 saturated carbocycles. The Kier molecular flexibility index (Phi) is 7.29. The fraction of sp³-hybridized carbons (Fsp3) is 0.750. The average Bonchev–Trinajstić information content (AvgIpc) is 2.20. The molecule has 1 atom stereocenters. The third-order valence-corrected chi connectivity index (χ3v) is 1.48. The first kappa shape index (κ1) is 13.7. The van der Waals surface area contributed by atoms with Crippen molar-refractivity contribution in [3.63, 3.8) is 0 Å². The van der Waals surface area contributed by atoms with Crippen LogP contribution in [0.25, 0.3) is 0 Å². The van der Waals surface area contributed by atoms with E-state index >= 15 is 0 Å². The summed E-state index contributed by atoms with van der Waals surface area (Å²) < 4.78 is 4.96. The molecule has 7 nitrogen and oxygen atoms in total. The monoisotopic (exact) mass is 220 g/mol. The van der Waals surface area contributed by atoms with Crippen LogP contribution >= 0.6 is 0 Å². The second kappa shape index (κ2) is 8.01. The summed E-state index contributed by atoms with van der Waals surface area (Å²) in [7, 11) is 0. The number of aliphatic hydroxyl groups is 1. The minimum absolute atomic E-state index is 0.324. The van der Waals surface area contributed by atoms with Gasteiger partial charge in [-0.15, -0.1) is 0 Å². The molecule has 0 spiro atoms. The van der Waals surface area contributed by atoms with Crippen LogP contribution in [0.2, 0.25) is 0 Å². The Labute approximate surface area is 87.4 Å². The van der Waals surface area contributed by atoms with Gasteiger partial charge in [-0.2, -0.15) is 0 Å². The molecule has 0 aromatic rings. The summed E-state index contributed by atoms with van der Waals surface area (Å²) in [5.74, 6) is -1.37. The first-order valence-corrected chi connectivity index (χ1v) is 4.58. The van der Waals surface area contributed by atoms with Crippen LogP contribution in [-0.4, -0.2) is 54.6 Å². The first-order valence-electron chi connectivity index (χ1n) is 4.58. The maximum atomic E-state index is 11.0. The molecular formula is C8H16N2O5. The normalized spacial score (nSPS) is 11.9. The van der Waals surface area contributed by atoms with Crippen LogP contribution in [-0.2, 0) is 9.53 Å². The van der Waals surface area contributed by atoms with E-state index in [1.54, 1.807) is 0 Å². The molecule has 88 valence electrons. The van der Waals surface area contributed by atoms with E-state index in [0.29, 0.717) is 19.8 Å². The Morgan fingerprint density at radius 3 is 2.60 bits per heavy atom. The molecule has 0 fully saturated rings. The summed E-state index contributed by atoms with van der Waals surface area (Å²) in [6, 6.07) is -0.532. The molecule has 0 saturated heterocycles. The van der Waals surface area contributed by atoms with Crippen LogP contribution in [0.1, 0.15) is 6.92 Å². The molecule has 7 heteroatoms. The first-order chi connectivity index (χ1) is 7.07. The number of rotatable bonds is 7. The highest BCUT2D eigenvalue weighted by Crippen LogP contribution is 1.79. The van der Waals surface area contributed by atoms with Crippen LogP contribution in [0.5, 0.6) is 0 Å².